The first-order chi connectivity index (χ1) is 15.2. The molecule has 0 spiro atoms. The van der Waals surface area contributed by atoms with Gasteiger partial charge in [0.25, 0.3) is 5.91 Å². The third-order valence-electron chi connectivity index (χ3n) is 6.01. The zero-order valence-electron chi connectivity index (χ0n) is 18.3. The molecule has 6 heteroatoms. The molecule has 31 heavy (non-hydrogen) atoms. The van der Waals surface area contributed by atoms with Crippen molar-refractivity contribution in [1.82, 2.24) is 20.0 Å². The molecule has 2 aromatic carbocycles. The van der Waals surface area contributed by atoms with Gasteiger partial charge in [0.2, 0.25) is 0 Å². The predicted octanol–water partition coefficient (Wildman–Crippen LogP) is 4.15. The van der Waals surface area contributed by atoms with Crippen molar-refractivity contribution >= 4 is 5.91 Å². The topological polar surface area (TPSA) is 59.4 Å². The van der Waals surface area contributed by atoms with Crippen LogP contribution in [-0.2, 0) is 6.54 Å². The number of nitrogens with zero attached hydrogens (tertiary/aromatic N) is 3. The summed E-state index contributed by atoms with van der Waals surface area (Å²) in [5, 5.41) is 7.11. The Morgan fingerprint density at radius 2 is 2.03 bits per heavy atom. The van der Waals surface area contributed by atoms with E-state index >= 15 is 0 Å². The third kappa shape index (κ3) is 4.97. The molecule has 0 bridgehead atoms. The molecule has 2 heterocycles. The number of aromatic nitrogens is 2. The SMILES string of the molecule is CNC(=O)c1cnn([C@H]2CCCN(Cc3cccc(-c4ccccc4OC)c3)CC2)c1. The van der Waals surface area contributed by atoms with Crippen molar-refractivity contribution in [1.29, 1.82) is 0 Å². The summed E-state index contributed by atoms with van der Waals surface area (Å²) in [6, 6.07) is 17.2. The standard InChI is InChI=1S/C25H30N4O2/c1-26-25(30)21-16-27-29(18-21)22-9-6-13-28(14-12-22)17-19-7-5-8-20(15-19)23-10-3-4-11-24(23)31-2/h3-5,7-8,10-11,15-16,18,22H,6,9,12-14,17H2,1-2H3,(H,26,30)/t22-/m0/s1. The van der Waals surface area contributed by atoms with Gasteiger partial charge in [-0.05, 0) is 49.1 Å². The zero-order chi connectivity index (χ0) is 21.6. The minimum atomic E-state index is -0.0866. The largest absolute Gasteiger partial charge is 0.496 e. The number of rotatable bonds is 6. The second-order valence-electron chi connectivity index (χ2n) is 8.05. The molecule has 162 valence electrons. The molecule has 1 fully saturated rings. The van der Waals surface area contributed by atoms with Crippen molar-refractivity contribution in [3.05, 3.63) is 72.1 Å². The van der Waals surface area contributed by atoms with Crippen molar-refractivity contribution in [2.24, 2.45) is 0 Å². The smallest absolute Gasteiger partial charge is 0.254 e. The monoisotopic (exact) mass is 418 g/mol. The summed E-state index contributed by atoms with van der Waals surface area (Å²) in [5.41, 5.74) is 4.23. The van der Waals surface area contributed by atoms with Crippen molar-refractivity contribution in [3.63, 3.8) is 0 Å². The summed E-state index contributed by atoms with van der Waals surface area (Å²) in [4.78, 5) is 14.3. The van der Waals surface area contributed by atoms with Crippen LogP contribution in [0, 0.1) is 0 Å². The summed E-state index contributed by atoms with van der Waals surface area (Å²) >= 11 is 0. The fourth-order valence-corrected chi connectivity index (χ4v) is 4.34. The summed E-state index contributed by atoms with van der Waals surface area (Å²) in [5.74, 6) is 0.809. The van der Waals surface area contributed by atoms with Crippen LogP contribution in [0.15, 0.2) is 60.9 Å². The maximum atomic E-state index is 11.8. The van der Waals surface area contributed by atoms with E-state index in [9.17, 15) is 4.79 Å². The Balaban J connectivity index is 1.42. The van der Waals surface area contributed by atoms with Crippen LogP contribution in [0.1, 0.15) is 41.2 Å². The van der Waals surface area contributed by atoms with Gasteiger partial charge in [-0.25, -0.2) is 0 Å². The molecule has 0 unspecified atom stereocenters. The molecule has 1 saturated heterocycles. The molecular formula is C25H30N4O2. The molecule has 6 nitrogen and oxygen atoms in total. The lowest BCUT2D eigenvalue weighted by atomic mass is 10.0. The Bertz CT molecular complexity index is 1030. The second-order valence-corrected chi connectivity index (χ2v) is 8.05. The minimum Gasteiger partial charge on any atom is -0.496 e. The van der Waals surface area contributed by atoms with E-state index in [-0.39, 0.29) is 5.91 Å². The third-order valence-corrected chi connectivity index (χ3v) is 6.01. The Hall–Kier alpha value is -3.12. The van der Waals surface area contributed by atoms with Crippen LogP contribution in [0.2, 0.25) is 0 Å². The average molecular weight is 419 g/mol. The summed E-state index contributed by atoms with van der Waals surface area (Å²) < 4.78 is 7.51. The Kier molecular flexibility index (Phi) is 6.67. The lowest BCUT2D eigenvalue weighted by Crippen LogP contribution is -2.24. The quantitative estimate of drug-likeness (QED) is 0.653. The summed E-state index contributed by atoms with van der Waals surface area (Å²) in [7, 11) is 3.36. The maximum absolute atomic E-state index is 11.8. The first kappa shape index (κ1) is 21.1. The van der Waals surface area contributed by atoms with Crippen LogP contribution in [0.25, 0.3) is 11.1 Å². The molecule has 4 rings (SSSR count). The van der Waals surface area contributed by atoms with Gasteiger partial charge < -0.3 is 10.1 Å². The number of hydrogen-bond donors (Lipinski definition) is 1. The Morgan fingerprint density at radius 1 is 1.16 bits per heavy atom. The number of carbonyl (C=O) groups excluding carboxylic acids is 1. The van der Waals surface area contributed by atoms with E-state index in [4.69, 9.17) is 4.74 Å². The number of likely N-dealkylation sites (tertiary alicyclic amines) is 1. The minimum absolute atomic E-state index is 0.0866. The van der Waals surface area contributed by atoms with Gasteiger partial charge in [-0.3, -0.25) is 14.4 Å². The molecule has 1 aliphatic heterocycles. The van der Waals surface area contributed by atoms with Crippen molar-refractivity contribution in [3.8, 4) is 16.9 Å². The molecule has 3 aromatic rings. The van der Waals surface area contributed by atoms with Gasteiger partial charge in [-0.2, -0.15) is 5.10 Å². The normalized spacial score (nSPS) is 17.2. The summed E-state index contributed by atoms with van der Waals surface area (Å²) in [6.45, 7) is 3.01. The molecular weight excluding hydrogens is 388 g/mol. The highest BCUT2D eigenvalue weighted by molar-refractivity contribution is 5.93. The van der Waals surface area contributed by atoms with Crippen LogP contribution in [0.4, 0.5) is 0 Å². The van der Waals surface area contributed by atoms with Crippen LogP contribution >= 0.6 is 0 Å². The number of benzene rings is 2. The highest BCUT2D eigenvalue weighted by Crippen LogP contribution is 2.30. The van der Waals surface area contributed by atoms with Gasteiger partial charge in [0.1, 0.15) is 5.75 Å². The van der Waals surface area contributed by atoms with E-state index in [0.29, 0.717) is 11.6 Å². The molecule has 1 aromatic heterocycles. The number of para-hydroxylation sites is 1. The van der Waals surface area contributed by atoms with E-state index < -0.39 is 0 Å². The van der Waals surface area contributed by atoms with E-state index in [2.05, 4.69) is 45.6 Å². The van der Waals surface area contributed by atoms with Gasteiger partial charge in [0.15, 0.2) is 0 Å². The van der Waals surface area contributed by atoms with Crippen LogP contribution < -0.4 is 10.1 Å². The Morgan fingerprint density at radius 3 is 2.87 bits per heavy atom. The number of hydrogen-bond acceptors (Lipinski definition) is 4. The molecule has 1 N–H and O–H groups in total. The van der Waals surface area contributed by atoms with E-state index in [0.717, 1.165) is 50.2 Å². The molecule has 0 aliphatic carbocycles. The van der Waals surface area contributed by atoms with E-state index in [1.807, 2.05) is 29.1 Å². The van der Waals surface area contributed by atoms with Crippen LogP contribution in [0.5, 0.6) is 5.75 Å². The zero-order valence-corrected chi connectivity index (χ0v) is 18.3. The van der Waals surface area contributed by atoms with Gasteiger partial charge >= 0.3 is 0 Å². The summed E-state index contributed by atoms with van der Waals surface area (Å²) in [6.07, 6.45) is 6.75. The van der Waals surface area contributed by atoms with Gasteiger partial charge in [-0.1, -0.05) is 36.4 Å². The first-order valence-corrected chi connectivity index (χ1v) is 10.9. The average Bonchev–Trinajstić information content (AvgIpc) is 3.19. The maximum Gasteiger partial charge on any atom is 0.254 e. The van der Waals surface area contributed by atoms with Gasteiger partial charge in [0, 0.05) is 31.9 Å². The molecule has 0 saturated carbocycles. The fourth-order valence-electron chi connectivity index (χ4n) is 4.34. The van der Waals surface area contributed by atoms with Crippen molar-refractivity contribution in [2.75, 3.05) is 27.2 Å². The van der Waals surface area contributed by atoms with Gasteiger partial charge in [-0.15, -0.1) is 0 Å². The number of methoxy groups -OCH3 is 1. The lowest BCUT2D eigenvalue weighted by molar-refractivity contribution is 0.0963. The number of nitrogens with one attached hydrogen (secondary N) is 1. The fraction of sp³-hybridized carbons (Fsp3) is 0.360. The van der Waals surface area contributed by atoms with Crippen molar-refractivity contribution in [2.45, 2.75) is 31.8 Å². The molecule has 1 atom stereocenters. The second kappa shape index (κ2) is 9.79. The predicted molar refractivity (Wildman–Crippen MR) is 122 cm³/mol. The number of carbonyl (C=O) groups is 1. The van der Waals surface area contributed by atoms with E-state index in [1.54, 1.807) is 20.4 Å². The van der Waals surface area contributed by atoms with Crippen LogP contribution in [0.3, 0.4) is 0 Å². The lowest BCUT2D eigenvalue weighted by Gasteiger charge is -2.21. The highest BCUT2D eigenvalue weighted by atomic mass is 16.5. The number of amides is 1. The highest BCUT2D eigenvalue weighted by Gasteiger charge is 2.20. The molecule has 1 amide bonds. The molecule has 0 radical (unpaired) electrons. The molecule has 1 aliphatic rings. The first-order valence-electron chi connectivity index (χ1n) is 10.9. The van der Waals surface area contributed by atoms with Gasteiger partial charge in [0.05, 0.1) is 24.9 Å². The van der Waals surface area contributed by atoms with E-state index in [1.165, 1.54) is 11.1 Å². The van der Waals surface area contributed by atoms with Crippen molar-refractivity contribution < 1.29 is 9.53 Å². The Labute approximate surface area is 183 Å². The number of ether oxygens (including phenoxy) is 1. The van der Waals surface area contributed by atoms with Crippen LogP contribution in [-0.4, -0.2) is 47.8 Å².